The molecule has 7 heteroatoms. The summed E-state index contributed by atoms with van der Waals surface area (Å²) in [5.74, 6) is 3.05. The predicted molar refractivity (Wildman–Crippen MR) is 81.8 cm³/mol. The normalized spacial score (nSPS) is 21.8. The van der Waals surface area contributed by atoms with Crippen LogP contribution in [0.15, 0.2) is 29.0 Å². The number of hydrogen-bond acceptors (Lipinski definition) is 6. The van der Waals surface area contributed by atoms with E-state index in [4.69, 9.17) is 4.52 Å². The first-order valence-electron chi connectivity index (χ1n) is 7.45. The Kier molecular flexibility index (Phi) is 3.57. The minimum atomic E-state index is -0.0961. The van der Waals surface area contributed by atoms with Gasteiger partial charge in [-0.1, -0.05) is 11.6 Å². The molecule has 1 saturated heterocycles. The van der Waals surface area contributed by atoms with Crippen LogP contribution in [0.4, 0.5) is 0 Å². The summed E-state index contributed by atoms with van der Waals surface area (Å²) in [5.41, 5.74) is 0.868. The van der Waals surface area contributed by atoms with Crippen LogP contribution in [0.1, 0.15) is 31.2 Å². The topological polar surface area (TPSA) is 72.1 Å². The van der Waals surface area contributed by atoms with E-state index in [2.05, 4.69) is 15.1 Å². The zero-order chi connectivity index (χ0) is 14.9. The second-order valence-electron chi connectivity index (χ2n) is 5.64. The van der Waals surface area contributed by atoms with E-state index < -0.39 is 0 Å². The first kappa shape index (κ1) is 13.8. The molecule has 1 amide bonds. The lowest BCUT2D eigenvalue weighted by atomic mass is 9.84. The first-order chi connectivity index (χ1) is 10.8. The van der Waals surface area contributed by atoms with E-state index >= 15 is 0 Å². The molecule has 3 heterocycles. The zero-order valence-electron chi connectivity index (χ0n) is 12.0. The third kappa shape index (κ3) is 2.39. The van der Waals surface area contributed by atoms with Crippen LogP contribution in [-0.4, -0.2) is 37.6 Å². The molecule has 4 rings (SSSR count). The fraction of sp³-hybridized carbons (Fsp3) is 0.467. The Bertz CT molecular complexity index is 671. The molecule has 2 aromatic heterocycles. The van der Waals surface area contributed by atoms with Crippen molar-refractivity contribution < 1.29 is 9.32 Å². The molecule has 1 aliphatic heterocycles. The van der Waals surface area contributed by atoms with Gasteiger partial charge < -0.3 is 9.42 Å². The van der Waals surface area contributed by atoms with Crippen molar-refractivity contribution >= 4 is 17.7 Å². The Morgan fingerprint density at radius 1 is 1.32 bits per heavy atom. The lowest BCUT2D eigenvalue weighted by Crippen LogP contribution is -2.38. The average molecular weight is 316 g/mol. The molecule has 1 unspecified atom stereocenters. The number of aromatic nitrogens is 3. The van der Waals surface area contributed by atoms with E-state index in [-0.39, 0.29) is 17.9 Å². The molecule has 114 valence electrons. The van der Waals surface area contributed by atoms with Crippen LogP contribution in [0.5, 0.6) is 0 Å². The molecule has 0 aromatic carbocycles. The molecule has 2 aromatic rings. The summed E-state index contributed by atoms with van der Waals surface area (Å²) < 4.78 is 5.43. The van der Waals surface area contributed by atoms with Crippen LogP contribution in [-0.2, 0) is 4.79 Å². The van der Waals surface area contributed by atoms with Gasteiger partial charge in [0.1, 0.15) is 6.04 Å². The van der Waals surface area contributed by atoms with Crippen LogP contribution in [0.25, 0.3) is 11.4 Å². The highest BCUT2D eigenvalue weighted by Gasteiger charge is 2.39. The molecule has 6 nitrogen and oxygen atoms in total. The van der Waals surface area contributed by atoms with Crippen LogP contribution in [0, 0.1) is 5.92 Å². The molecule has 1 aliphatic carbocycles. The summed E-state index contributed by atoms with van der Waals surface area (Å²) in [4.78, 5) is 22.9. The monoisotopic (exact) mass is 316 g/mol. The summed E-state index contributed by atoms with van der Waals surface area (Å²) in [7, 11) is 0. The highest BCUT2D eigenvalue weighted by atomic mass is 32.2. The molecular weight excluding hydrogens is 300 g/mol. The van der Waals surface area contributed by atoms with E-state index in [9.17, 15) is 4.79 Å². The van der Waals surface area contributed by atoms with Crippen molar-refractivity contribution in [2.75, 3.05) is 11.6 Å². The highest BCUT2D eigenvalue weighted by Crippen LogP contribution is 2.37. The molecule has 1 saturated carbocycles. The van der Waals surface area contributed by atoms with Gasteiger partial charge in [0.2, 0.25) is 11.7 Å². The van der Waals surface area contributed by atoms with Gasteiger partial charge in [0.25, 0.3) is 5.89 Å². The van der Waals surface area contributed by atoms with Gasteiger partial charge >= 0.3 is 0 Å². The maximum atomic E-state index is 12.5. The summed E-state index contributed by atoms with van der Waals surface area (Å²) in [5, 5.41) is 4.04. The second kappa shape index (κ2) is 5.72. The van der Waals surface area contributed by atoms with Crippen molar-refractivity contribution in [1.29, 1.82) is 0 Å². The van der Waals surface area contributed by atoms with Gasteiger partial charge in [0, 0.05) is 29.6 Å². The number of amides is 1. The third-order valence-electron chi connectivity index (χ3n) is 4.29. The van der Waals surface area contributed by atoms with E-state index in [1.807, 2.05) is 17.0 Å². The van der Waals surface area contributed by atoms with Crippen molar-refractivity contribution in [2.45, 2.75) is 25.3 Å². The van der Waals surface area contributed by atoms with Crippen LogP contribution in [0.2, 0.25) is 0 Å². The lowest BCUT2D eigenvalue weighted by molar-refractivity contribution is -0.139. The number of pyridine rings is 1. The van der Waals surface area contributed by atoms with Crippen molar-refractivity contribution in [3.8, 4) is 11.4 Å². The van der Waals surface area contributed by atoms with Crippen LogP contribution >= 0.6 is 11.8 Å². The van der Waals surface area contributed by atoms with Crippen molar-refractivity contribution in [2.24, 2.45) is 5.92 Å². The molecular formula is C15H16N4O2S. The highest BCUT2D eigenvalue weighted by molar-refractivity contribution is 7.99. The smallest absolute Gasteiger partial charge is 0.250 e. The molecule has 1 atom stereocenters. The Morgan fingerprint density at radius 3 is 2.86 bits per heavy atom. The number of nitrogens with zero attached hydrogens (tertiary/aromatic N) is 4. The van der Waals surface area contributed by atoms with Crippen LogP contribution in [0.3, 0.4) is 0 Å². The summed E-state index contributed by atoms with van der Waals surface area (Å²) in [6.45, 7) is 0. The number of rotatable bonds is 3. The lowest BCUT2D eigenvalue weighted by Gasteiger charge is -2.30. The molecule has 0 N–H and O–H groups in total. The summed E-state index contributed by atoms with van der Waals surface area (Å²) in [6.07, 6.45) is 6.58. The fourth-order valence-corrected chi connectivity index (χ4v) is 3.90. The number of thioether (sulfide) groups is 1. The Labute approximate surface area is 132 Å². The molecule has 2 fully saturated rings. The number of carbonyl (C=O) groups excluding carboxylic acids is 1. The van der Waals surface area contributed by atoms with Gasteiger partial charge in [0.05, 0.1) is 5.88 Å². The van der Waals surface area contributed by atoms with E-state index in [1.54, 1.807) is 24.2 Å². The van der Waals surface area contributed by atoms with E-state index in [0.29, 0.717) is 17.6 Å². The number of hydrogen-bond donors (Lipinski definition) is 0. The first-order valence-corrected chi connectivity index (χ1v) is 8.60. The van der Waals surface area contributed by atoms with Gasteiger partial charge in [-0.2, -0.15) is 4.98 Å². The van der Waals surface area contributed by atoms with Crippen molar-refractivity contribution in [3.05, 3.63) is 30.4 Å². The van der Waals surface area contributed by atoms with Gasteiger partial charge in [-0.15, -0.1) is 11.8 Å². The Balaban J connectivity index is 1.56. The Hall–Kier alpha value is -1.89. The maximum absolute atomic E-state index is 12.5. The van der Waals surface area contributed by atoms with Gasteiger partial charge in [0.15, 0.2) is 0 Å². The molecule has 0 bridgehead atoms. The molecule has 22 heavy (non-hydrogen) atoms. The van der Waals surface area contributed by atoms with E-state index in [1.165, 1.54) is 0 Å². The van der Waals surface area contributed by atoms with Gasteiger partial charge in [-0.05, 0) is 25.0 Å². The van der Waals surface area contributed by atoms with Gasteiger partial charge in [-0.3, -0.25) is 9.78 Å². The summed E-state index contributed by atoms with van der Waals surface area (Å²) in [6, 6.07) is 3.59. The summed E-state index contributed by atoms with van der Waals surface area (Å²) >= 11 is 1.74. The molecule has 2 aliphatic rings. The maximum Gasteiger partial charge on any atom is 0.250 e. The second-order valence-corrected chi connectivity index (χ2v) is 6.64. The largest absolute Gasteiger partial charge is 0.337 e. The quantitative estimate of drug-likeness (QED) is 0.866. The van der Waals surface area contributed by atoms with Gasteiger partial charge in [-0.25, -0.2) is 0 Å². The zero-order valence-corrected chi connectivity index (χ0v) is 12.8. The third-order valence-corrected chi connectivity index (χ3v) is 5.30. The molecule has 0 spiro atoms. The Morgan fingerprint density at radius 2 is 2.14 bits per heavy atom. The fourth-order valence-electron chi connectivity index (χ4n) is 2.74. The minimum Gasteiger partial charge on any atom is -0.337 e. The minimum absolute atomic E-state index is 0.0961. The van der Waals surface area contributed by atoms with Crippen LogP contribution < -0.4 is 0 Å². The van der Waals surface area contributed by atoms with E-state index in [0.717, 1.165) is 30.6 Å². The van der Waals surface area contributed by atoms with Crippen molar-refractivity contribution in [1.82, 2.24) is 20.0 Å². The average Bonchev–Trinajstić information content (AvgIpc) is 3.15. The SMILES string of the molecule is O=C(C1CCC1)N1CSCC1c1nc(-c2ccncc2)no1. The predicted octanol–water partition coefficient (Wildman–Crippen LogP) is 2.51. The standard InChI is InChI=1S/C15H16N4O2S/c20-15(11-2-1-3-11)19-9-22-8-12(19)14-17-13(18-21-14)10-4-6-16-7-5-10/h4-7,11-12H,1-3,8-9H2. The van der Waals surface area contributed by atoms with Crippen molar-refractivity contribution in [3.63, 3.8) is 0 Å². The molecule has 0 radical (unpaired) electrons. The number of carbonyl (C=O) groups is 1.